The summed E-state index contributed by atoms with van der Waals surface area (Å²) in [6.45, 7) is 5.64. The molecule has 0 aliphatic carbocycles. The molecular weight excluding hydrogens is 254 g/mol. The summed E-state index contributed by atoms with van der Waals surface area (Å²) in [6.07, 6.45) is 1.15. The van der Waals surface area contributed by atoms with Gasteiger partial charge in [-0.1, -0.05) is 44.2 Å². The Labute approximate surface area is 120 Å². The second-order valence-corrected chi connectivity index (χ2v) is 5.18. The molecule has 1 amide bonds. The maximum Gasteiger partial charge on any atom is 0.305 e. The van der Waals surface area contributed by atoms with Crippen LogP contribution >= 0.6 is 0 Å². The lowest BCUT2D eigenvalue weighted by atomic mass is 9.87. The summed E-state index contributed by atoms with van der Waals surface area (Å²) < 4.78 is 0. The summed E-state index contributed by atoms with van der Waals surface area (Å²) >= 11 is 0. The van der Waals surface area contributed by atoms with E-state index >= 15 is 0 Å². The predicted molar refractivity (Wildman–Crippen MR) is 78.6 cm³/mol. The molecule has 0 radical (unpaired) electrons. The van der Waals surface area contributed by atoms with Crippen LogP contribution in [0.15, 0.2) is 30.3 Å². The zero-order valence-corrected chi connectivity index (χ0v) is 12.3. The number of amides is 1. The van der Waals surface area contributed by atoms with Crippen molar-refractivity contribution in [3.63, 3.8) is 0 Å². The molecule has 110 valence electrons. The third-order valence-corrected chi connectivity index (χ3v) is 3.92. The van der Waals surface area contributed by atoms with Crippen LogP contribution in [0.3, 0.4) is 0 Å². The highest BCUT2D eigenvalue weighted by Crippen LogP contribution is 2.23. The van der Waals surface area contributed by atoms with Crippen molar-refractivity contribution in [1.29, 1.82) is 0 Å². The van der Waals surface area contributed by atoms with E-state index < -0.39 is 11.5 Å². The first-order valence-corrected chi connectivity index (χ1v) is 7.03. The predicted octanol–water partition coefficient (Wildman–Crippen LogP) is 2.94. The molecule has 1 unspecified atom stereocenters. The Balaban J connectivity index is 2.83. The lowest BCUT2D eigenvalue weighted by Crippen LogP contribution is -2.50. The van der Waals surface area contributed by atoms with Crippen LogP contribution in [0.1, 0.15) is 51.5 Å². The lowest BCUT2D eigenvalue weighted by Gasteiger charge is -2.32. The van der Waals surface area contributed by atoms with Crippen molar-refractivity contribution in [3.05, 3.63) is 35.9 Å². The van der Waals surface area contributed by atoms with Crippen LogP contribution in [0.2, 0.25) is 0 Å². The summed E-state index contributed by atoms with van der Waals surface area (Å²) in [7, 11) is 0. The third kappa shape index (κ3) is 4.08. The van der Waals surface area contributed by atoms with Gasteiger partial charge in [0, 0.05) is 5.54 Å². The molecule has 0 saturated carbocycles. The average molecular weight is 277 g/mol. The molecule has 4 heteroatoms. The van der Waals surface area contributed by atoms with E-state index in [1.807, 2.05) is 51.1 Å². The van der Waals surface area contributed by atoms with Gasteiger partial charge in [-0.15, -0.1) is 0 Å². The first kappa shape index (κ1) is 16.2. The third-order valence-electron chi connectivity index (χ3n) is 3.92. The van der Waals surface area contributed by atoms with E-state index in [4.69, 9.17) is 5.11 Å². The van der Waals surface area contributed by atoms with Crippen molar-refractivity contribution in [3.8, 4) is 0 Å². The molecule has 0 heterocycles. The van der Waals surface area contributed by atoms with Crippen LogP contribution in [-0.4, -0.2) is 22.5 Å². The molecule has 0 fully saturated rings. The largest absolute Gasteiger partial charge is 0.481 e. The number of rotatable bonds is 7. The molecule has 2 N–H and O–H groups in total. The van der Waals surface area contributed by atoms with Crippen molar-refractivity contribution < 1.29 is 14.7 Å². The van der Waals surface area contributed by atoms with E-state index in [1.165, 1.54) is 0 Å². The van der Waals surface area contributed by atoms with Gasteiger partial charge in [0.25, 0.3) is 0 Å². The van der Waals surface area contributed by atoms with Crippen LogP contribution in [0.5, 0.6) is 0 Å². The number of carbonyl (C=O) groups is 2. The minimum absolute atomic E-state index is 0.0484. The highest BCUT2D eigenvalue weighted by atomic mass is 16.4. The molecule has 0 spiro atoms. The average Bonchev–Trinajstić information content (AvgIpc) is 2.46. The monoisotopic (exact) mass is 277 g/mol. The van der Waals surface area contributed by atoms with Crippen molar-refractivity contribution >= 4 is 11.9 Å². The van der Waals surface area contributed by atoms with Crippen LogP contribution in [0.4, 0.5) is 0 Å². The Hall–Kier alpha value is -1.84. The van der Waals surface area contributed by atoms with Gasteiger partial charge in [-0.05, 0) is 25.3 Å². The minimum atomic E-state index is -0.888. The number of carboxylic acid groups (broad SMARTS) is 1. The summed E-state index contributed by atoms with van der Waals surface area (Å²) in [6, 6.07) is 9.50. The summed E-state index contributed by atoms with van der Waals surface area (Å²) in [4.78, 5) is 23.4. The standard InChI is InChI=1S/C16H23NO3/c1-4-16(5-2,11-14(18)19)17-15(20)12(3)13-9-7-6-8-10-13/h6-10,12H,4-5,11H2,1-3H3,(H,17,20)(H,18,19). The fourth-order valence-electron chi connectivity index (χ4n) is 2.27. The number of hydrogen-bond acceptors (Lipinski definition) is 2. The SMILES string of the molecule is CCC(CC)(CC(=O)O)NC(=O)C(C)c1ccccc1. The van der Waals surface area contributed by atoms with Crippen LogP contribution in [0.25, 0.3) is 0 Å². The van der Waals surface area contributed by atoms with Gasteiger partial charge in [0.2, 0.25) is 5.91 Å². The molecule has 0 bridgehead atoms. The second-order valence-electron chi connectivity index (χ2n) is 5.18. The van der Waals surface area contributed by atoms with Crippen molar-refractivity contribution in [1.82, 2.24) is 5.32 Å². The van der Waals surface area contributed by atoms with E-state index in [1.54, 1.807) is 0 Å². The maximum absolute atomic E-state index is 12.4. The van der Waals surface area contributed by atoms with Gasteiger partial charge in [-0.25, -0.2) is 0 Å². The quantitative estimate of drug-likeness (QED) is 0.805. The maximum atomic E-state index is 12.4. The normalized spacial score (nSPS) is 12.8. The highest BCUT2D eigenvalue weighted by Gasteiger charge is 2.32. The fraction of sp³-hybridized carbons (Fsp3) is 0.500. The summed E-state index contributed by atoms with van der Waals surface area (Å²) in [5, 5.41) is 12.0. The molecule has 4 nitrogen and oxygen atoms in total. The van der Waals surface area contributed by atoms with Gasteiger partial charge < -0.3 is 10.4 Å². The van der Waals surface area contributed by atoms with Gasteiger partial charge >= 0.3 is 5.97 Å². The Morgan fingerprint density at radius 2 is 1.75 bits per heavy atom. The van der Waals surface area contributed by atoms with E-state index in [9.17, 15) is 9.59 Å². The van der Waals surface area contributed by atoms with Crippen LogP contribution < -0.4 is 5.32 Å². The topological polar surface area (TPSA) is 66.4 Å². The number of nitrogens with one attached hydrogen (secondary N) is 1. The highest BCUT2D eigenvalue weighted by molar-refractivity contribution is 5.84. The van der Waals surface area contributed by atoms with Gasteiger partial charge in [0.1, 0.15) is 0 Å². The van der Waals surface area contributed by atoms with Gasteiger partial charge in [-0.2, -0.15) is 0 Å². The second kappa shape index (κ2) is 7.08. The van der Waals surface area contributed by atoms with E-state index in [-0.39, 0.29) is 18.2 Å². The molecule has 1 aromatic carbocycles. The zero-order chi connectivity index (χ0) is 15.2. The Bertz CT molecular complexity index is 452. The number of benzene rings is 1. The first-order chi connectivity index (χ1) is 9.44. The molecule has 0 aromatic heterocycles. The lowest BCUT2D eigenvalue weighted by molar-refractivity contribution is -0.139. The molecule has 1 atom stereocenters. The molecule has 20 heavy (non-hydrogen) atoms. The fourth-order valence-corrected chi connectivity index (χ4v) is 2.27. The van der Waals surface area contributed by atoms with E-state index in [2.05, 4.69) is 5.32 Å². The molecule has 1 rings (SSSR count). The molecule has 0 aliphatic heterocycles. The zero-order valence-electron chi connectivity index (χ0n) is 12.3. The van der Waals surface area contributed by atoms with Crippen molar-refractivity contribution in [2.24, 2.45) is 0 Å². The number of aliphatic carboxylic acids is 1. The van der Waals surface area contributed by atoms with E-state index in [0.717, 1.165) is 5.56 Å². The Kier molecular flexibility index (Phi) is 5.74. The first-order valence-electron chi connectivity index (χ1n) is 7.03. The van der Waals surface area contributed by atoms with Crippen molar-refractivity contribution in [2.75, 3.05) is 0 Å². The summed E-state index contributed by atoms with van der Waals surface area (Å²) in [5.74, 6) is -1.30. The molecule has 1 aromatic rings. The van der Waals surface area contributed by atoms with Gasteiger partial charge in [-0.3, -0.25) is 9.59 Å². The molecule has 0 saturated heterocycles. The Morgan fingerprint density at radius 1 is 1.20 bits per heavy atom. The van der Waals surface area contributed by atoms with Gasteiger partial charge in [0.15, 0.2) is 0 Å². The van der Waals surface area contributed by atoms with Crippen LogP contribution in [0, 0.1) is 0 Å². The van der Waals surface area contributed by atoms with E-state index in [0.29, 0.717) is 12.8 Å². The Morgan fingerprint density at radius 3 is 2.20 bits per heavy atom. The van der Waals surface area contributed by atoms with Gasteiger partial charge in [0.05, 0.1) is 12.3 Å². The molecule has 0 aliphatic rings. The van der Waals surface area contributed by atoms with Crippen molar-refractivity contribution in [2.45, 2.75) is 51.5 Å². The number of carbonyl (C=O) groups excluding carboxylic acids is 1. The molecular formula is C16H23NO3. The smallest absolute Gasteiger partial charge is 0.305 e. The number of carboxylic acids is 1. The number of hydrogen-bond donors (Lipinski definition) is 2. The summed E-state index contributed by atoms with van der Waals surface area (Å²) in [5.41, 5.74) is 0.271. The van der Waals surface area contributed by atoms with Crippen LogP contribution in [-0.2, 0) is 9.59 Å². The minimum Gasteiger partial charge on any atom is -0.481 e.